The highest BCUT2D eigenvalue weighted by Crippen LogP contribution is 2.54. The van der Waals surface area contributed by atoms with Crippen molar-refractivity contribution in [2.75, 3.05) is 0 Å². The van der Waals surface area contributed by atoms with E-state index in [1.807, 2.05) is 0 Å². The highest BCUT2D eigenvalue weighted by molar-refractivity contribution is 7.61. The second-order valence-corrected chi connectivity index (χ2v) is 12.4. The van der Waals surface area contributed by atoms with Gasteiger partial charge in [0.05, 0.1) is 0 Å². The Hall–Kier alpha value is 0.510. The highest BCUT2D eigenvalue weighted by atomic mass is 31.1. The molecule has 0 nitrogen and oxygen atoms in total. The van der Waals surface area contributed by atoms with Crippen LogP contribution >= 0.6 is 24.6 Å². The predicted octanol–water partition coefficient (Wildman–Crippen LogP) is 8.49. The zero-order valence-corrected chi connectivity index (χ0v) is 18.1. The van der Waals surface area contributed by atoms with Gasteiger partial charge in [-0.2, -0.15) is 0 Å². The van der Waals surface area contributed by atoms with E-state index in [2.05, 4.69) is 62.3 Å². The van der Waals surface area contributed by atoms with E-state index in [1.165, 1.54) is 43.8 Å². The standard InChI is InChI=1S/C18H33P3/c1-10-16(4,5)13-19-14(17(6,7)11-2)21-15(20-13)18(8,9)12-3/h10-12H2,1-9H3. The lowest BCUT2D eigenvalue weighted by Crippen LogP contribution is -2.18. The largest absolute Gasteiger partial charge is 0.0645 e. The second-order valence-electron chi connectivity index (χ2n) is 8.02. The summed E-state index contributed by atoms with van der Waals surface area (Å²) < 4.78 is 0. The number of hydrogen-bond acceptors (Lipinski definition) is 0. The van der Waals surface area contributed by atoms with Crippen LogP contribution in [0.25, 0.3) is 0 Å². The molecule has 3 heteroatoms. The van der Waals surface area contributed by atoms with Crippen molar-refractivity contribution >= 4 is 24.6 Å². The van der Waals surface area contributed by atoms with Crippen LogP contribution in [-0.2, 0) is 16.2 Å². The quantitative estimate of drug-likeness (QED) is 0.486. The van der Waals surface area contributed by atoms with Crippen LogP contribution in [0.2, 0.25) is 0 Å². The van der Waals surface area contributed by atoms with Gasteiger partial charge in [-0.1, -0.05) is 86.9 Å². The average Bonchev–Trinajstić information content (AvgIpc) is 2.46. The molecule has 0 aliphatic carbocycles. The van der Waals surface area contributed by atoms with Crippen molar-refractivity contribution in [1.82, 2.24) is 0 Å². The smallest absolute Gasteiger partial charge is 0.0135 e. The van der Waals surface area contributed by atoms with Crippen LogP contribution in [0.15, 0.2) is 0 Å². The zero-order valence-electron chi connectivity index (χ0n) is 15.5. The van der Waals surface area contributed by atoms with Crippen molar-refractivity contribution < 1.29 is 0 Å². The molecule has 0 unspecified atom stereocenters. The van der Waals surface area contributed by atoms with Crippen LogP contribution in [-0.4, -0.2) is 0 Å². The maximum atomic E-state index is 2.43. The van der Waals surface area contributed by atoms with Gasteiger partial charge in [0.2, 0.25) is 0 Å². The third-order valence-corrected chi connectivity index (χ3v) is 11.8. The number of rotatable bonds is 6. The van der Waals surface area contributed by atoms with Crippen LogP contribution < -0.4 is 0 Å². The molecule has 0 saturated heterocycles. The third-order valence-electron chi connectivity index (χ3n) is 5.10. The monoisotopic (exact) mass is 342 g/mol. The predicted molar refractivity (Wildman–Crippen MR) is 104 cm³/mol. The Bertz CT molecular complexity index is 403. The molecule has 0 aliphatic heterocycles. The van der Waals surface area contributed by atoms with Gasteiger partial charge in [-0.3, -0.25) is 0 Å². The molecule has 0 N–H and O–H groups in total. The summed E-state index contributed by atoms with van der Waals surface area (Å²) in [6, 6.07) is 0. The fraction of sp³-hybridized carbons (Fsp3) is 0.833. The molecule has 0 bridgehead atoms. The third kappa shape index (κ3) is 4.50. The van der Waals surface area contributed by atoms with Crippen LogP contribution in [0.4, 0.5) is 0 Å². The molecule has 0 radical (unpaired) electrons. The fourth-order valence-corrected chi connectivity index (χ4v) is 8.23. The van der Waals surface area contributed by atoms with Gasteiger partial charge < -0.3 is 0 Å². The van der Waals surface area contributed by atoms with Gasteiger partial charge in [-0.05, 0) is 35.5 Å². The Morgan fingerprint density at radius 3 is 0.857 bits per heavy atom. The lowest BCUT2D eigenvalue weighted by atomic mass is 9.92. The molecule has 0 aliphatic rings. The van der Waals surface area contributed by atoms with Crippen molar-refractivity contribution in [2.24, 2.45) is 0 Å². The summed E-state index contributed by atoms with van der Waals surface area (Å²) in [5.74, 6) is 0. The molecular weight excluding hydrogens is 309 g/mol. The SMILES string of the molecule is CCC(C)(C)c1pc(C(C)(C)CC)pc(C(C)(C)CC)p1. The highest BCUT2D eigenvalue weighted by Gasteiger charge is 2.29. The molecule has 0 spiro atoms. The Morgan fingerprint density at radius 2 is 0.714 bits per heavy atom. The molecule has 1 heterocycles. The minimum absolute atomic E-state index is 0.350. The summed E-state index contributed by atoms with van der Waals surface area (Å²) in [5.41, 5.74) is 1.05. The lowest BCUT2D eigenvalue weighted by Gasteiger charge is -2.31. The molecule has 0 saturated carbocycles. The normalized spacial score (nSPS) is 14.7. The Morgan fingerprint density at radius 1 is 0.524 bits per heavy atom. The van der Waals surface area contributed by atoms with Gasteiger partial charge in [0.15, 0.2) is 0 Å². The Labute approximate surface area is 137 Å². The van der Waals surface area contributed by atoms with Crippen LogP contribution in [0.1, 0.15) is 96.7 Å². The average molecular weight is 342 g/mol. The van der Waals surface area contributed by atoms with Crippen LogP contribution in [0, 0.1) is 0 Å². The molecule has 0 amide bonds. The van der Waals surface area contributed by atoms with E-state index in [0.29, 0.717) is 16.2 Å². The first kappa shape index (κ1) is 19.6. The van der Waals surface area contributed by atoms with Crippen molar-refractivity contribution in [3.8, 4) is 0 Å². The zero-order chi connectivity index (χ0) is 16.5. The molecule has 1 aromatic rings. The topological polar surface area (TPSA) is 0 Å². The Kier molecular flexibility index (Phi) is 6.47. The molecule has 21 heavy (non-hydrogen) atoms. The first-order valence-corrected chi connectivity index (χ1v) is 11.0. The maximum Gasteiger partial charge on any atom is 0.0135 e. The summed E-state index contributed by atoms with van der Waals surface area (Å²) >= 11 is 0. The summed E-state index contributed by atoms with van der Waals surface area (Å²) in [6.45, 7) is 21.6. The van der Waals surface area contributed by atoms with Gasteiger partial charge >= 0.3 is 0 Å². The molecule has 0 aromatic carbocycles. The molecule has 120 valence electrons. The van der Waals surface area contributed by atoms with E-state index in [4.69, 9.17) is 0 Å². The van der Waals surface area contributed by atoms with E-state index in [0.717, 1.165) is 0 Å². The summed E-state index contributed by atoms with van der Waals surface area (Å²) in [6.07, 6.45) is 3.71. The molecular formula is C18H33P3. The van der Waals surface area contributed by atoms with Gasteiger partial charge in [0.25, 0.3) is 0 Å². The molecule has 0 atom stereocenters. The molecule has 0 fully saturated rings. The van der Waals surface area contributed by atoms with Crippen molar-refractivity contribution in [3.63, 3.8) is 0 Å². The second kappa shape index (κ2) is 6.95. The number of hydrogen-bond donors (Lipinski definition) is 0. The van der Waals surface area contributed by atoms with Gasteiger partial charge in [-0.25, -0.2) is 0 Å². The maximum absolute atomic E-state index is 2.43. The van der Waals surface area contributed by atoms with Gasteiger partial charge in [0, 0.05) is 15.1 Å². The van der Waals surface area contributed by atoms with Crippen molar-refractivity contribution in [2.45, 2.75) is 97.8 Å². The molecule has 1 rings (SSSR count). The minimum Gasteiger partial charge on any atom is -0.0645 e. The summed E-state index contributed by atoms with van der Waals surface area (Å²) in [7, 11) is 4.60. The first-order valence-electron chi connectivity index (χ1n) is 8.27. The van der Waals surface area contributed by atoms with Gasteiger partial charge in [0.1, 0.15) is 0 Å². The van der Waals surface area contributed by atoms with Crippen LogP contribution in [0.3, 0.4) is 0 Å². The van der Waals surface area contributed by atoms with E-state index in [9.17, 15) is 0 Å². The Balaban J connectivity index is 3.55. The van der Waals surface area contributed by atoms with Crippen molar-refractivity contribution in [3.05, 3.63) is 15.1 Å². The summed E-state index contributed by atoms with van der Waals surface area (Å²) in [5, 5.41) is 5.16. The van der Waals surface area contributed by atoms with Crippen molar-refractivity contribution in [1.29, 1.82) is 0 Å². The van der Waals surface area contributed by atoms with E-state index < -0.39 is 0 Å². The van der Waals surface area contributed by atoms with Gasteiger partial charge in [-0.15, -0.1) is 0 Å². The van der Waals surface area contributed by atoms with E-state index in [1.54, 1.807) is 15.1 Å². The lowest BCUT2D eigenvalue weighted by molar-refractivity contribution is 0.514. The summed E-state index contributed by atoms with van der Waals surface area (Å²) in [4.78, 5) is 0. The van der Waals surface area contributed by atoms with E-state index >= 15 is 0 Å². The van der Waals surface area contributed by atoms with Crippen LogP contribution in [0.5, 0.6) is 0 Å². The fourth-order valence-electron chi connectivity index (χ4n) is 1.76. The molecule has 1 aromatic heterocycles. The first-order chi connectivity index (χ1) is 9.50. The minimum atomic E-state index is 0.350. The van der Waals surface area contributed by atoms with E-state index in [-0.39, 0.29) is 0 Å².